The van der Waals surface area contributed by atoms with Gasteiger partial charge in [-0.25, -0.2) is 0 Å². The van der Waals surface area contributed by atoms with Crippen LogP contribution in [0.3, 0.4) is 0 Å². The third kappa shape index (κ3) is 6.30. The second-order valence-electron chi connectivity index (χ2n) is 7.00. The van der Waals surface area contributed by atoms with Crippen LogP contribution in [0.15, 0.2) is 33.2 Å². The van der Waals surface area contributed by atoms with E-state index < -0.39 is 0 Å². The Kier molecular flexibility index (Phi) is 11.1. The largest absolute Gasteiger partial charge is 0.493 e. The number of fused-ring (bicyclic) bond motifs is 2. The van der Waals surface area contributed by atoms with Gasteiger partial charge in [0.1, 0.15) is 0 Å². The van der Waals surface area contributed by atoms with Crippen LogP contribution in [0.1, 0.15) is 37.1 Å². The molecule has 0 saturated carbocycles. The van der Waals surface area contributed by atoms with E-state index >= 15 is 0 Å². The van der Waals surface area contributed by atoms with Gasteiger partial charge in [-0.2, -0.15) is 0 Å². The standard InChI is InChI=1S/2C12H11BrO3.2CH4/c2*1-15-11-5-7-3-9(13)10(14)4-8(7)6-12(11)16-2;;/h2*3,5-6H,4H2,1-2H3;2*1H4. The molecule has 2 aromatic rings. The summed E-state index contributed by atoms with van der Waals surface area (Å²) in [7, 11) is 6.36. The van der Waals surface area contributed by atoms with Crippen molar-refractivity contribution in [3.8, 4) is 23.0 Å². The van der Waals surface area contributed by atoms with Crippen molar-refractivity contribution in [3.63, 3.8) is 0 Å². The fourth-order valence-corrected chi connectivity index (χ4v) is 4.17. The average molecular weight is 598 g/mol. The zero-order valence-corrected chi connectivity index (χ0v) is 21.3. The van der Waals surface area contributed by atoms with Gasteiger partial charge in [-0.05, 0) is 90.5 Å². The van der Waals surface area contributed by atoms with Crippen molar-refractivity contribution in [2.24, 2.45) is 0 Å². The first-order valence-corrected chi connectivity index (χ1v) is 11.2. The first kappa shape index (κ1) is 29.5. The zero-order chi connectivity index (χ0) is 23.4. The van der Waals surface area contributed by atoms with Gasteiger partial charge in [-0.15, -0.1) is 0 Å². The van der Waals surface area contributed by atoms with E-state index in [1.54, 1.807) is 28.4 Å². The minimum absolute atomic E-state index is 0. The minimum atomic E-state index is 0. The molecule has 0 amide bonds. The van der Waals surface area contributed by atoms with Crippen molar-refractivity contribution in [3.05, 3.63) is 55.5 Å². The topological polar surface area (TPSA) is 71.1 Å². The third-order valence-electron chi connectivity index (χ3n) is 5.09. The van der Waals surface area contributed by atoms with E-state index in [2.05, 4.69) is 31.9 Å². The number of ketones is 2. The fourth-order valence-electron chi connectivity index (χ4n) is 3.40. The maximum atomic E-state index is 11.5. The maximum Gasteiger partial charge on any atom is 0.174 e. The number of hydrogen-bond donors (Lipinski definition) is 0. The molecule has 0 unspecified atom stereocenters. The van der Waals surface area contributed by atoms with Crippen LogP contribution in [0.2, 0.25) is 0 Å². The zero-order valence-electron chi connectivity index (χ0n) is 18.1. The highest BCUT2D eigenvalue weighted by atomic mass is 79.9. The van der Waals surface area contributed by atoms with E-state index in [0.717, 1.165) is 22.3 Å². The van der Waals surface area contributed by atoms with E-state index in [1.165, 1.54) is 0 Å². The molecule has 4 rings (SSSR count). The van der Waals surface area contributed by atoms with E-state index in [-0.39, 0.29) is 26.4 Å². The lowest BCUT2D eigenvalue weighted by Crippen LogP contribution is -2.09. The summed E-state index contributed by atoms with van der Waals surface area (Å²) in [4.78, 5) is 23.0. The molecule has 0 radical (unpaired) electrons. The van der Waals surface area contributed by atoms with Gasteiger partial charge in [-0.3, -0.25) is 9.59 Å². The van der Waals surface area contributed by atoms with Crippen LogP contribution in [0.4, 0.5) is 0 Å². The van der Waals surface area contributed by atoms with E-state index in [4.69, 9.17) is 18.9 Å². The quantitative estimate of drug-likeness (QED) is 0.406. The van der Waals surface area contributed by atoms with Gasteiger partial charge in [0.25, 0.3) is 0 Å². The number of benzene rings is 2. The molecule has 184 valence electrons. The molecular formula is C26H30Br2O6. The SMILES string of the molecule is C.C.COc1cc2c(cc1OC)CC(=O)C(Br)=C2.COc1cc2c(cc1OC)CC(=O)C(Br)=C2. The molecule has 0 spiro atoms. The molecule has 0 N–H and O–H groups in total. The highest BCUT2D eigenvalue weighted by molar-refractivity contribution is 9.12. The summed E-state index contributed by atoms with van der Waals surface area (Å²) in [5.41, 5.74) is 3.91. The van der Waals surface area contributed by atoms with Crippen molar-refractivity contribution >= 4 is 55.6 Å². The van der Waals surface area contributed by atoms with Gasteiger partial charge in [0.15, 0.2) is 34.6 Å². The van der Waals surface area contributed by atoms with Gasteiger partial charge in [0, 0.05) is 12.8 Å². The Morgan fingerprint density at radius 3 is 1.18 bits per heavy atom. The lowest BCUT2D eigenvalue weighted by Gasteiger charge is -2.16. The number of ether oxygens (including phenoxy) is 4. The molecule has 2 aromatic carbocycles. The highest BCUT2D eigenvalue weighted by Gasteiger charge is 2.20. The maximum absolute atomic E-state index is 11.5. The lowest BCUT2D eigenvalue weighted by atomic mass is 9.96. The molecule has 2 aliphatic rings. The van der Waals surface area contributed by atoms with Crippen LogP contribution in [0, 0.1) is 0 Å². The van der Waals surface area contributed by atoms with E-state index in [0.29, 0.717) is 44.8 Å². The van der Waals surface area contributed by atoms with Gasteiger partial charge >= 0.3 is 0 Å². The van der Waals surface area contributed by atoms with Crippen LogP contribution < -0.4 is 18.9 Å². The fraction of sp³-hybridized carbons (Fsp3) is 0.308. The summed E-state index contributed by atoms with van der Waals surface area (Å²) >= 11 is 6.49. The number of carbonyl (C=O) groups is 2. The Hall–Kier alpha value is -2.58. The monoisotopic (exact) mass is 596 g/mol. The Bertz CT molecular complexity index is 1050. The lowest BCUT2D eigenvalue weighted by molar-refractivity contribution is -0.115. The molecule has 6 nitrogen and oxygen atoms in total. The average Bonchev–Trinajstić information content (AvgIpc) is 2.79. The first-order valence-electron chi connectivity index (χ1n) is 9.61. The molecule has 2 aliphatic carbocycles. The molecule has 0 atom stereocenters. The van der Waals surface area contributed by atoms with Crippen molar-refractivity contribution in [2.45, 2.75) is 27.7 Å². The van der Waals surface area contributed by atoms with Crippen molar-refractivity contribution in [1.82, 2.24) is 0 Å². The summed E-state index contributed by atoms with van der Waals surface area (Å²) < 4.78 is 22.0. The predicted octanol–water partition coefficient (Wildman–Crippen LogP) is 6.40. The summed E-state index contributed by atoms with van der Waals surface area (Å²) in [5, 5.41) is 0. The number of Topliss-reactive ketones (excluding diaryl/α,β-unsaturated/α-hetero) is 2. The van der Waals surface area contributed by atoms with E-state index in [1.807, 2.05) is 36.4 Å². The van der Waals surface area contributed by atoms with Crippen molar-refractivity contribution in [2.75, 3.05) is 28.4 Å². The Balaban J connectivity index is 0.000000321. The molecule has 0 heterocycles. The Labute approximate surface area is 218 Å². The molecule has 8 heteroatoms. The van der Waals surface area contributed by atoms with Gasteiger partial charge in [0.05, 0.1) is 37.4 Å². The number of rotatable bonds is 4. The summed E-state index contributed by atoms with van der Waals surface area (Å²) in [5.74, 6) is 2.82. The predicted molar refractivity (Wildman–Crippen MR) is 144 cm³/mol. The summed E-state index contributed by atoms with van der Waals surface area (Å²) in [6, 6.07) is 7.45. The minimum Gasteiger partial charge on any atom is -0.493 e. The molecule has 0 aliphatic heterocycles. The van der Waals surface area contributed by atoms with Gasteiger partial charge in [-0.1, -0.05) is 14.9 Å². The van der Waals surface area contributed by atoms with Crippen LogP contribution in [-0.2, 0) is 22.4 Å². The Morgan fingerprint density at radius 2 is 0.882 bits per heavy atom. The number of allylic oxidation sites excluding steroid dienone is 2. The van der Waals surface area contributed by atoms with Crippen molar-refractivity contribution in [1.29, 1.82) is 0 Å². The second kappa shape index (κ2) is 12.8. The number of carbonyl (C=O) groups excluding carboxylic acids is 2. The first-order chi connectivity index (χ1) is 15.3. The second-order valence-corrected chi connectivity index (χ2v) is 8.71. The highest BCUT2D eigenvalue weighted by Crippen LogP contribution is 2.36. The molecule has 34 heavy (non-hydrogen) atoms. The molecule has 0 fully saturated rings. The number of halogens is 2. The van der Waals surface area contributed by atoms with Crippen LogP contribution in [-0.4, -0.2) is 40.0 Å². The molecule has 0 saturated heterocycles. The van der Waals surface area contributed by atoms with Gasteiger partial charge in [0.2, 0.25) is 0 Å². The normalized spacial score (nSPS) is 13.4. The van der Waals surface area contributed by atoms with Crippen molar-refractivity contribution < 1.29 is 28.5 Å². The molecular weight excluding hydrogens is 568 g/mol. The Morgan fingerprint density at radius 1 is 0.588 bits per heavy atom. The van der Waals surface area contributed by atoms with Crippen LogP contribution in [0.25, 0.3) is 12.2 Å². The summed E-state index contributed by atoms with van der Waals surface area (Å²) in [6.45, 7) is 0. The smallest absolute Gasteiger partial charge is 0.174 e. The van der Waals surface area contributed by atoms with Gasteiger partial charge < -0.3 is 18.9 Å². The molecule has 0 aromatic heterocycles. The third-order valence-corrected chi connectivity index (χ3v) is 6.43. The van der Waals surface area contributed by atoms with Crippen LogP contribution in [0.5, 0.6) is 23.0 Å². The van der Waals surface area contributed by atoms with E-state index in [9.17, 15) is 9.59 Å². The summed E-state index contributed by atoms with van der Waals surface area (Å²) in [6.07, 6.45) is 4.41. The number of methoxy groups -OCH3 is 4. The molecule has 0 bridgehead atoms. The van der Waals surface area contributed by atoms with Crippen LogP contribution >= 0.6 is 31.9 Å². The number of hydrogen-bond acceptors (Lipinski definition) is 6.